The van der Waals surface area contributed by atoms with E-state index in [4.69, 9.17) is 4.74 Å². The summed E-state index contributed by atoms with van der Waals surface area (Å²) in [6.07, 6.45) is 3.15. The molecule has 7 nitrogen and oxygen atoms in total. The highest BCUT2D eigenvalue weighted by molar-refractivity contribution is 7.18. The molecule has 0 fully saturated rings. The van der Waals surface area contributed by atoms with Gasteiger partial charge in [0.15, 0.2) is 6.61 Å². The molecular weight excluding hydrogens is 366 g/mol. The van der Waals surface area contributed by atoms with Gasteiger partial charge < -0.3 is 9.30 Å². The zero-order chi connectivity index (χ0) is 19.2. The fourth-order valence-corrected chi connectivity index (χ4v) is 3.56. The van der Waals surface area contributed by atoms with Crippen molar-refractivity contribution in [1.29, 1.82) is 0 Å². The Kier molecular flexibility index (Phi) is 5.97. The highest BCUT2D eigenvalue weighted by Crippen LogP contribution is 2.22. The number of ether oxygens (including phenoxy) is 1. The predicted molar refractivity (Wildman–Crippen MR) is 101 cm³/mol. The first-order chi connectivity index (χ1) is 13.0. The highest BCUT2D eigenvalue weighted by Gasteiger charge is 2.14. The maximum absolute atomic E-state index is 11.9. The molecule has 0 bridgehead atoms. The summed E-state index contributed by atoms with van der Waals surface area (Å²) in [6.45, 7) is -0.476. The number of nitrogens with zero attached hydrogens (tertiary/aromatic N) is 2. The SMILES string of the molecule is Cn1cccc1C(=O)NC(=O)COC(=O)CCCc1nc2ccccc2s1. The minimum absolute atomic E-state index is 0.189. The number of carbonyl (C=O) groups excluding carboxylic acids is 3. The van der Waals surface area contributed by atoms with E-state index in [-0.39, 0.29) is 6.42 Å². The van der Waals surface area contributed by atoms with Crippen LogP contribution < -0.4 is 5.32 Å². The standard InChI is InChI=1S/C19H19N3O4S/c1-22-11-5-7-14(22)19(25)21-16(23)12-26-18(24)10-4-9-17-20-13-6-2-3-8-15(13)27-17/h2-3,5-8,11H,4,9-10,12H2,1H3,(H,21,23,25). The molecule has 2 heterocycles. The van der Waals surface area contributed by atoms with Crippen LogP contribution in [0.4, 0.5) is 0 Å². The second-order valence-electron chi connectivity index (χ2n) is 5.97. The van der Waals surface area contributed by atoms with Crippen molar-refractivity contribution in [2.45, 2.75) is 19.3 Å². The Balaban J connectivity index is 1.37. The molecule has 0 aliphatic rings. The Morgan fingerprint density at radius 3 is 2.74 bits per heavy atom. The second kappa shape index (κ2) is 8.59. The Morgan fingerprint density at radius 1 is 1.19 bits per heavy atom. The van der Waals surface area contributed by atoms with Crippen LogP contribution in [0.5, 0.6) is 0 Å². The molecule has 8 heteroatoms. The molecule has 0 unspecified atom stereocenters. The zero-order valence-electron chi connectivity index (χ0n) is 14.8. The third-order valence-electron chi connectivity index (χ3n) is 3.90. The van der Waals surface area contributed by atoms with Crippen LogP contribution in [0, 0.1) is 0 Å². The van der Waals surface area contributed by atoms with Gasteiger partial charge in [0.25, 0.3) is 11.8 Å². The average molecular weight is 385 g/mol. The van der Waals surface area contributed by atoms with Crippen LogP contribution in [0.1, 0.15) is 28.3 Å². The molecule has 27 heavy (non-hydrogen) atoms. The first-order valence-electron chi connectivity index (χ1n) is 8.48. The number of fused-ring (bicyclic) bond motifs is 1. The van der Waals surface area contributed by atoms with Crippen LogP contribution in [0.3, 0.4) is 0 Å². The molecule has 140 valence electrons. The molecule has 0 spiro atoms. The van der Waals surface area contributed by atoms with Crippen LogP contribution in [0.2, 0.25) is 0 Å². The van der Waals surface area contributed by atoms with Gasteiger partial charge in [-0.25, -0.2) is 4.98 Å². The van der Waals surface area contributed by atoms with Gasteiger partial charge in [0.2, 0.25) is 0 Å². The third-order valence-corrected chi connectivity index (χ3v) is 5.00. The van der Waals surface area contributed by atoms with Crippen LogP contribution >= 0.6 is 11.3 Å². The molecule has 0 aliphatic carbocycles. The first kappa shape index (κ1) is 18.8. The summed E-state index contributed by atoms with van der Waals surface area (Å²) in [7, 11) is 1.70. The largest absolute Gasteiger partial charge is 0.456 e. The molecule has 3 rings (SSSR count). The number of hydrogen-bond acceptors (Lipinski definition) is 6. The quantitative estimate of drug-likeness (QED) is 0.631. The van der Waals surface area contributed by atoms with E-state index in [2.05, 4.69) is 10.3 Å². The second-order valence-corrected chi connectivity index (χ2v) is 7.09. The molecule has 0 radical (unpaired) electrons. The van der Waals surface area contributed by atoms with Crippen LogP contribution in [-0.2, 0) is 27.8 Å². The topological polar surface area (TPSA) is 90.3 Å². The number of thiazole rings is 1. The van der Waals surface area contributed by atoms with E-state index in [1.54, 1.807) is 41.3 Å². The Morgan fingerprint density at radius 2 is 2.00 bits per heavy atom. The summed E-state index contributed by atoms with van der Waals surface area (Å²) in [5.41, 5.74) is 1.31. The first-order valence-corrected chi connectivity index (χ1v) is 9.30. The summed E-state index contributed by atoms with van der Waals surface area (Å²) >= 11 is 1.61. The van der Waals surface area contributed by atoms with Crippen molar-refractivity contribution < 1.29 is 19.1 Å². The predicted octanol–water partition coefficient (Wildman–Crippen LogP) is 2.46. The third kappa shape index (κ3) is 5.01. The lowest BCUT2D eigenvalue weighted by molar-refractivity contribution is -0.148. The number of rotatable bonds is 7. The van der Waals surface area contributed by atoms with E-state index >= 15 is 0 Å². The Bertz CT molecular complexity index is 943. The molecule has 1 N–H and O–H groups in total. The average Bonchev–Trinajstić information content (AvgIpc) is 3.25. The van der Waals surface area contributed by atoms with E-state index in [1.807, 2.05) is 24.3 Å². The fraction of sp³-hybridized carbons (Fsp3) is 0.263. The van der Waals surface area contributed by atoms with Gasteiger partial charge in [0.05, 0.1) is 15.2 Å². The smallest absolute Gasteiger partial charge is 0.306 e. The van der Waals surface area contributed by atoms with Crippen molar-refractivity contribution in [3.8, 4) is 0 Å². The van der Waals surface area contributed by atoms with Gasteiger partial charge in [0.1, 0.15) is 5.69 Å². The monoisotopic (exact) mass is 385 g/mol. The molecule has 2 aromatic heterocycles. The van der Waals surface area contributed by atoms with E-state index in [0.717, 1.165) is 15.2 Å². The zero-order valence-corrected chi connectivity index (χ0v) is 15.6. The molecular formula is C19H19N3O4S. The van der Waals surface area contributed by atoms with Crippen LogP contribution in [0.15, 0.2) is 42.6 Å². The number of hydrogen-bond donors (Lipinski definition) is 1. The lowest BCUT2D eigenvalue weighted by Gasteiger charge is -2.06. The minimum Gasteiger partial charge on any atom is -0.456 e. The lowest BCUT2D eigenvalue weighted by atomic mass is 10.2. The fourth-order valence-electron chi connectivity index (χ4n) is 2.55. The summed E-state index contributed by atoms with van der Waals surface area (Å²) in [6, 6.07) is 11.2. The summed E-state index contributed by atoms with van der Waals surface area (Å²) in [5, 5.41) is 3.16. The molecule has 0 saturated carbocycles. The number of amides is 2. The summed E-state index contributed by atoms with van der Waals surface area (Å²) < 4.78 is 7.64. The van der Waals surface area contributed by atoms with Crippen molar-refractivity contribution >= 4 is 39.3 Å². The van der Waals surface area contributed by atoms with Crippen LogP contribution in [-0.4, -0.2) is 33.9 Å². The van der Waals surface area contributed by atoms with Gasteiger partial charge >= 0.3 is 5.97 Å². The molecule has 0 saturated heterocycles. The number of aryl methyl sites for hydroxylation is 2. The molecule has 0 aliphatic heterocycles. The van der Waals surface area contributed by atoms with Crippen molar-refractivity contribution in [1.82, 2.24) is 14.9 Å². The van der Waals surface area contributed by atoms with Gasteiger partial charge in [0, 0.05) is 19.7 Å². The summed E-state index contributed by atoms with van der Waals surface area (Å²) in [4.78, 5) is 39.9. The van der Waals surface area contributed by atoms with Crippen molar-refractivity contribution in [2.24, 2.45) is 7.05 Å². The van der Waals surface area contributed by atoms with Gasteiger partial charge in [-0.05, 0) is 37.1 Å². The lowest BCUT2D eigenvalue weighted by Crippen LogP contribution is -2.35. The number of benzene rings is 1. The number of carbonyl (C=O) groups is 3. The number of aromatic nitrogens is 2. The molecule has 1 aromatic carbocycles. The van der Waals surface area contributed by atoms with E-state index in [1.165, 1.54) is 0 Å². The van der Waals surface area contributed by atoms with E-state index in [0.29, 0.717) is 18.5 Å². The van der Waals surface area contributed by atoms with Gasteiger partial charge in [-0.1, -0.05) is 12.1 Å². The van der Waals surface area contributed by atoms with E-state index in [9.17, 15) is 14.4 Å². The van der Waals surface area contributed by atoms with Gasteiger partial charge in [-0.2, -0.15) is 0 Å². The number of esters is 1. The minimum atomic E-state index is -0.652. The number of nitrogens with one attached hydrogen (secondary N) is 1. The van der Waals surface area contributed by atoms with Crippen LogP contribution in [0.25, 0.3) is 10.2 Å². The van der Waals surface area contributed by atoms with Gasteiger partial charge in [-0.15, -0.1) is 11.3 Å². The maximum atomic E-state index is 11.9. The summed E-state index contributed by atoms with van der Waals surface area (Å²) in [5.74, 6) is -1.65. The Labute approximate surface area is 160 Å². The van der Waals surface area contributed by atoms with Crippen molar-refractivity contribution in [3.05, 3.63) is 53.3 Å². The normalized spacial score (nSPS) is 10.7. The molecule has 3 aromatic rings. The highest BCUT2D eigenvalue weighted by atomic mass is 32.1. The van der Waals surface area contributed by atoms with Crippen molar-refractivity contribution in [3.63, 3.8) is 0 Å². The molecule has 2 amide bonds. The van der Waals surface area contributed by atoms with Crippen molar-refractivity contribution in [2.75, 3.05) is 6.61 Å². The number of imide groups is 1. The molecule has 0 atom stereocenters. The van der Waals surface area contributed by atoms with E-state index < -0.39 is 24.4 Å². The number of para-hydroxylation sites is 1. The van der Waals surface area contributed by atoms with Gasteiger partial charge in [-0.3, -0.25) is 19.7 Å². The Hall–Kier alpha value is -3.00. The maximum Gasteiger partial charge on any atom is 0.306 e.